The zero-order valence-electron chi connectivity index (χ0n) is 8.23. The first-order valence-electron chi connectivity index (χ1n) is 4.24. The molecule has 0 aliphatic rings. The van der Waals surface area contributed by atoms with Crippen LogP contribution >= 0.6 is 12.2 Å². The van der Waals surface area contributed by atoms with E-state index < -0.39 is 10.0 Å². The summed E-state index contributed by atoms with van der Waals surface area (Å²) < 4.78 is 25.3. The van der Waals surface area contributed by atoms with E-state index in [0.29, 0.717) is 5.69 Å². The predicted octanol–water partition coefficient (Wildman–Crippen LogP) is 1.02. The van der Waals surface area contributed by atoms with Gasteiger partial charge in [-0.15, -0.1) is 0 Å². The summed E-state index contributed by atoms with van der Waals surface area (Å²) in [4.78, 5) is -0.0462. The summed E-state index contributed by atoms with van der Waals surface area (Å²) in [5.74, 6) is -0.337. The van der Waals surface area contributed by atoms with Crippen molar-refractivity contribution >= 4 is 32.9 Å². The second-order valence-corrected chi connectivity index (χ2v) is 5.44. The minimum absolute atomic E-state index is 0.0462. The van der Waals surface area contributed by atoms with Crippen molar-refractivity contribution in [2.75, 3.05) is 10.5 Å². The lowest BCUT2D eigenvalue weighted by Gasteiger charge is -2.07. The Hall–Kier alpha value is -1.14. The zero-order valence-corrected chi connectivity index (χ0v) is 9.86. The molecule has 0 aliphatic carbocycles. The summed E-state index contributed by atoms with van der Waals surface area (Å²) in [7, 11) is -3.47. The maximum Gasteiger partial charge on any atom is 0.239 e. The van der Waals surface area contributed by atoms with Crippen LogP contribution in [0.15, 0.2) is 24.3 Å². The highest BCUT2D eigenvalue weighted by atomic mass is 32.2. The van der Waals surface area contributed by atoms with Crippen molar-refractivity contribution in [3.63, 3.8) is 0 Å². The number of nitrogens with two attached hydrogens (primary N) is 1. The molecule has 1 rings (SSSR count). The van der Waals surface area contributed by atoms with Gasteiger partial charge in [-0.1, -0.05) is 24.4 Å². The second-order valence-electron chi connectivity index (χ2n) is 3.20. The number of sulfonamides is 1. The normalized spacial score (nSPS) is 11.0. The standard InChI is InChI=1S/C9H12N2O2S2/c1-7-3-2-4-8(5-7)11-15(12,13)6-9(10)14/h2-5,11H,6H2,1H3,(H2,10,14). The van der Waals surface area contributed by atoms with E-state index in [-0.39, 0.29) is 10.7 Å². The Morgan fingerprint density at radius 3 is 2.73 bits per heavy atom. The Bertz CT molecular complexity index is 469. The quantitative estimate of drug-likeness (QED) is 0.776. The topological polar surface area (TPSA) is 72.2 Å². The monoisotopic (exact) mass is 244 g/mol. The summed E-state index contributed by atoms with van der Waals surface area (Å²) in [5.41, 5.74) is 6.67. The number of hydrogen-bond acceptors (Lipinski definition) is 3. The van der Waals surface area contributed by atoms with Crippen LogP contribution in [0, 0.1) is 6.92 Å². The molecule has 0 amide bonds. The molecular weight excluding hydrogens is 232 g/mol. The number of nitrogens with one attached hydrogen (secondary N) is 1. The third kappa shape index (κ3) is 4.26. The molecule has 4 nitrogen and oxygen atoms in total. The SMILES string of the molecule is Cc1cccc(NS(=O)(=O)CC(N)=S)c1. The highest BCUT2D eigenvalue weighted by molar-refractivity contribution is 7.95. The molecule has 6 heteroatoms. The first-order valence-corrected chi connectivity index (χ1v) is 6.30. The minimum Gasteiger partial charge on any atom is -0.392 e. The third-order valence-electron chi connectivity index (χ3n) is 1.62. The molecular formula is C9H12N2O2S2. The van der Waals surface area contributed by atoms with E-state index in [4.69, 9.17) is 5.73 Å². The molecule has 0 bridgehead atoms. The van der Waals surface area contributed by atoms with Crippen LogP contribution in [-0.2, 0) is 10.0 Å². The average Bonchev–Trinajstić information content (AvgIpc) is 1.99. The van der Waals surface area contributed by atoms with Crippen LogP contribution in [0.2, 0.25) is 0 Å². The molecule has 0 radical (unpaired) electrons. The smallest absolute Gasteiger partial charge is 0.239 e. The van der Waals surface area contributed by atoms with Crippen molar-refractivity contribution in [2.24, 2.45) is 5.73 Å². The van der Waals surface area contributed by atoms with E-state index in [0.717, 1.165) is 5.56 Å². The maximum atomic E-state index is 11.4. The first-order chi connectivity index (χ1) is 6.89. The van der Waals surface area contributed by atoms with E-state index >= 15 is 0 Å². The number of rotatable bonds is 4. The molecule has 15 heavy (non-hydrogen) atoms. The molecule has 82 valence electrons. The van der Waals surface area contributed by atoms with Crippen LogP contribution < -0.4 is 10.5 Å². The van der Waals surface area contributed by atoms with Gasteiger partial charge in [0.1, 0.15) is 5.75 Å². The number of thiocarbonyl (C=S) groups is 1. The van der Waals surface area contributed by atoms with Crippen LogP contribution in [0.25, 0.3) is 0 Å². The molecule has 0 spiro atoms. The number of aryl methyl sites for hydroxylation is 1. The van der Waals surface area contributed by atoms with Crippen LogP contribution in [0.1, 0.15) is 5.56 Å². The lowest BCUT2D eigenvalue weighted by molar-refractivity contribution is 0.605. The van der Waals surface area contributed by atoms with Gasteiger partial charge in [-0.2, -0.15) is 0 Å². The third-order valence-corrected chi connectivity index (χ3v) is 3.19. The van der Waals surface area contributed by atoms with Gasteiger partial charge in [-0.05, 0) is 24.6 Å². The summed E-state index contributed by atoms with van der Waals surface area (Å²) in [5, 5.41) is 0. The zero-order chi connectivity index (χ0) is 11.5. The van der Waals surface area contributed by atoms with Crippen LogP contribution in [0.4, 0.5) is 5.69 Å². The van der Waals surface area contributed by atoms with Crippen molar-refractivity contribution in [2.45, 2.75) is 6.92 Å². The molecule has 0 atom stereocenters. The fraction of sp³-hybridized carbons (Fsp3) is 0.222. The number of anilines is 1. The molecule has 3 N–H and O–H groups in total. The highest BCUT2D eigenvalue weighted by Gasteiger charge is 2.11. The van der Waals surface area contributed by atoms with E-state index in [1.165, 1.54) is 0 Å². The van der Waals surface area contributed by atoms with Crippen LogP contribution in [0.5, 0.6) is 0 Å². The summed E-state index contributed by atoms with van der Waals surface area (Å²) in [6.07, 6.45) is 0. The Labute approximate surface area is 94.5 Å². The minimum atomic E-state index is -3.47. The fourth-order valence-corrected chi connectivity index (χ4v) is 2.51. The second kappa shape index (κ2) is 4.59. The van der Waals surface area contributed by atoms with Gasteiger partial charge in [0, 0.05) is 5.69 Å². The molecule has 0 aromatic heterocycles. The molecule has 0 aliphatic heterocycles. The lowest BCUT2D eigenvalue weighted by Crippen LogP contribution is -2.26. The highest BCUT2D eigenvalue weighted by Crippen LogP contribution is 2.11. The van der Waals surface area contributed by atoms with Crippen molar-refractivity contribution in [1.82, 2.24) is 0 Å². The Balaban J connectivity index is 2.82. The van der Waals surface area contributed by atoms with Gasteiger partial charge in [0.2, 0.25) is 10.0 Å². The fourth-order valence-electron chi connectivity index (χ4n) is 1.11. The van der Waals surface area contributed by atoms with Gasteiger partial charge in [-0.3, -0.25) is 4.72 Å². The van der Waals surface area contributed by atoms with Crippen molar-refractivity contribution in [1.29, 1.82) is 0 Å². The van der Waals surface area contributed by atoms with Gasteiger partial charge in [-0.25, -0.2) is 8.42 Å². The van der Waals surface area contributed by atoms with Gasteiger partial charge in [0.05, 0.1) is 4.99 Å². The van der Waals surface area contributed by atoms with E-state index in [2.05, 4.69) is 16.9 Å². The lowest BCUT2D eigenvalue weighted by atomic mass is 10.2. The van der Waals surface area contributed by atoms with Gasteiger partial charge >= 0.3 is 0 Å². The molecule has 0 unspecified atom stereocenters. The van der Waals surface area contributed by atoms with Crippen molar-refractivity contribution in [3.05, 3.63) is 29.8 Å². The summed E-state index contributed by atoms with van der Waals surface area (Å²) in [6, 6.07) is 7.06. The van der Waals surface area contributed by atoms with E-state index in [1.807, 2.05) is 13.0 Å². The molecule has 0 saturated carbocycles. The molecule has 1 aromatic rings. The maximum absolute atomic E-state index is 11.4. The van der Waals surface area contributed by atoms with Crippen LogP contribution in [-0.4, -0.2) is 19.2 Å². The van der Waals surface area contributed by atoms with Crippen LogP contribution in [0.3, 0.4) is 0 Å². The molecule has 0 saturated heterocycles. The number of hydrogen-bond donors (Lipinski definition) is 2. The average molecular weight is 244 g/mol. The Morgan fingerprint density at radius 1 is 1.53 bits per heavy atom. The predicted molar refractivity (Wildman–Crippen MR) is 65.4 cm³/mol. The molecule has 0 fully saturated rings. The van der Waals surface area contributed by atoms with Gasteiger partial charge in [0.25, 0.3) is 0 Å². The van der Waals surface area contributed by atoms with E-state index in [9.17, 15) is 8.42 Å². The summed E-state index contributed by atoms with van der Waals surface area (Å²) >= 11 is 4.54. The van der Waals surface area contributed by atoms with Crippen molar-refractivity contribution < 1.29 is 8.42 Å². The molecule has 1 aromatic carbocycles. The van der Waals surface area contributed by atoms with E-state index in [1.54, 1.807) is 18.2 Å². The van der Waals surface area contributed by atoms with Gasteiger partial charge < -0.3 is 5.73 Å². The van der Waals surface area contributed by atoms with Crippen molar-refractivity contribution in [3.8, 4) is 0 Å². The van der Waals surface area contributed by atoms with Gasteiger partial charge in [0.15, 0.2) is 0 Å². The molecule has 0 heterocycles. The Morgan fingerprint density at radius 2 is 2.20 bits per heavy atom. The Kier molecular flexibility index (Phi) is 3.65. The first kappa shape index (κ1) is 11.9. The number of benzene rings is 1. The summed E-state index contributed by atoms with van der Waals surface area (Å²) in [6.45, 7) is 1.88. The largest absolute Gasteiger partial charge is 0.392 e.